The smallest absolute Gasteiger partial charge is 0.240 e. The van der Waals surface area contributed by atoms with E-state index in [0.717, 1.165) is 25.1 Å². The number of benzene rings is 1. The Morgan fingerprint density at radius 2 is 2.13 bits per heavy atom. The molecule has 0 aliphatic heterocycles. The van der Waals surface area contributed by atoms with E-state index in [1.54, 1.807) is 12.1 Å². The minimum absolute atomic E-state index is 0.269. The molecule has 1 fully saturated rings. The summed E-state index contributed by atoms with van der Waals surface area (Å²) in [5, 5.41) is 4.48. The Kier molecular flexibility index (Phi) is 4.97. The fourth-order valence-corrected chi connectivity index (χ4v) is 2.84. The van der Waals surface area contributed by atoms with Gasteiger partial charge in [-0.1, -0.05) is 36.7 Å². The third-order valence-corrected chi connectivity index (χ3v) is 4.28. The van der Waals surface area contributed by atoms with Crippen LogP contribution in [0.5, 0.6) is 0 Å². The third-order valence-electron chi connectivity index (χ3n) is 3.93. The van der Waals surface area contributed by atoms with Crippen LogP contribution in [0.2, 0.25) is 5.02 Å². The van der Waals surface area contributed by atoms with Crippen molar-refractivity contribution in [3.63, 3.8) is 0 Å². The van der Waals surface area contributed by atoms with Crippen molar-refractivity contribution in [2.75, 3.05) is 0 Å². The van der Waals surface area contributed by atoms with Crippen molar-refractivity contribution in [1.29, 1.82) is 0 Å². The highest BCUT2D eigenvalue weighted by Gasteiger charge is 2.31. The van der Waals surface area contributed by atoms with Gasteiger partial charge in [-0.2, -0.15) is 4.98 Å². The summed E-state index contributed by atoms with van der Waals surface area (Å²) in [5.74, 6) is 1.53. The molecule has 0 amide bonds. The number of nitrogens with zero attached hydrogens (tertiary/aromatic N) is 3. The molecular weight excluding hydrogens is 317 g/mol. The van der Waals surface area contributed by atoms with Crippen molar-refractivity contribution in [3.05, 3.63) is 46.3 Å². The third kappa shape index (κ3) is 4.30. The molecule has 2 aromatic rings. The van der Waals surface area contributed by atoms with Gasteiger partial charge in [0.25, 0.3) is 0 Å². The quantitative estimate of drug-likeness (QED) is 0.758. The molecule has 23 heavy (non-hydrogen) atoms. The van der Waals surface area contributed by atoms with Gasteiger partial charge in [-0.15, -0.1) is 0 Å². The Morgan fingerprint density at radius 3 is 2.78 bits per heavy atom. The van der Waals surface area contributed by atoms with E-state index in [0.29, 0.717) is 41.5 Å². The van der Waals surface area contributed by atoms with Crippen molar-refractivity contribution < 1.29 is 8.91 Å². The van der Waals surface area contributed by atoms with Crippen LogP contribution in [0.15, 0.2) is 22.7 Å². The molecule has 0 spiro atoms. The number of rotatable bonds is 7. The van der Waals surface area contributed by atoms with Crippen LogP contribution >= 0.6 is 11.6 Å². The number of hydrogen-bond acceptors (Lipinski definition) is 4. The molecule has 1 aromatic carbocycles. The summed E-state index contributed by atoms with van der Waals surface area (Å²) >= 11 is 6.14. The van der Waals surface area contributed by atoms with Crippen LogP contribution in [-0.4, -0.2) is 21.1 Å². The summed E-state index contributed by atoms with van der Waals surface area (Å²) in [5.41, 5.74) is 0.531. The predicted molar refractivity (Wildman–Crippen MR) is 86.5 cm³/mol. The largest absolute Gasteiger partial charge is 0.338 e. The molecule has 124 valence electrons. The Balaban J connectivity index is 1.71. The van der Waals surface area contributed by atoms with E-state index in [9.17, 15) is 4.39 Å². The molecule has 0 atom stereocenters. The highest BCUT2D eigenvalue weighted by atomic mass is 35.5. The van der Waals surface area contributed by atoms with Gasteiger partial charge in [-0.3, -0.25) is 4.90 Å². The van der Waals surface area contributed by atoms with Gasteiger partial charge in [0.15, 0.2) is 5.82 Å². The van der Waals surface area contributed by atoms with Gasteiger partial charge in [-0.05, 0) is 30.9 Å². The molecule has 1 saturated carbocycles. The van der Waals surface area contributed by atoms with Crippen LogP contribution in [0.4, 0.5) is 4.39 Å². The van der Waals surface area contributed by atoms with Crippen LogP contribution in [0, 0.1) is 11.7 Å². The Labute approximate surface area is 140 Å². The van der Waals surface area contributed by atoms with Gasteiger partial charge in [0.1, 0.15) is 5.82 Å². The number of aromatic nitrogens is 2. The molecule has 0 unspecified atom stereocenters. The van der Waals surface area contributed by atoms with Gasteiger partial charge in [0.2, 0.25) is 5.89 Å². The zero-order valence-electron chi connectivity index (χ0n) is 13.4. The normalized spacial score (nSPS) is 14.9. The molecule has 1 aliphatic rings. The monoisotopic (exact) mass is 337 g/mol. The van der Waals surface area contributed by atoms with E-state index in [-0.39, 0.29) is 5.82 Å². The minimum Gasteiger partial charge on any atom is -0.338 e. The van der Waals surface area contributed by atoms with Crippen LogP contribution in [0.1, 0.15) is 44.0 Å². The zero-order valence-corrected chi connectivity index (χ0v) is 14.2. The molecular formula is C17H21ClFN3O. The average molecular weight is 338 g/mol. The van der Waals surface area contributed by atoms with Gasteiger partial charge in [-0.25, -0.2) is 4.39 Å². The molecule has 3 rings (SSSR count). The lowest BCUT2D eigenvalue weighted by molar-refractivity contribution is 0.207. The summed E-state index contributed by atoms with van der Waals surface area (Å²) in [6, 6.07) is 5.22. The van der Waals surface area contributed by atoms with E-state index in [1.807, 2.05) is 0 Å². The van der Waals surface area contributed by atoms with E-state index in [2.05, 4.69) is 28.9 Å². The van der Waals surface area contributed by atoms with Crippen LogP contribution in [0.3, 0.4) is 0 Å². The van der Waals surface area contributed by atoms with E-state index in [4.69, 9.17) is 16.1 Å². The maximum absolute atomic E-state index is 14.0. The molecule has 6 heteroatoms. The SMILES string of the molecule is CC(C)Cc1noc(CN(Cc2c(F)cccc2Cl)C2CC2)n1. The Hall–Kier alpha value is -1.46. The van der Waals surface area contributed by atoms with Gasteiger partial charge in [0, 0.05) is 29.6 Å². The number of hydrogen-bond donors (Lipinski definition) is 0. The van der Waals surface area contributed by atoms with Crippen LogP contribution < -0.4 is 0 Å². The summed E-state index contributed by atoms with van der Waals surface area (Å²) in [4.78, 5) is 6.60. The Morgan fingerprint density at radius 1 is 1.35 bits per heavy atom. The first-order valence-corrected chi connectivity index (χ1v) is 8.39. The molecule has 0 N–H and O–H groups in total. The summed E-state index contributed by atoms with van der Waals surface area (Å²) in [6.07, 6.45) is 3.02. The second kappa shape index (κ2) is 6.97. The first-order chi connectivity index (χ1) is 11.0. The van der Waals surface area contributed by atoms with Crippen molar-refractivity contribution in [3.8, 4) is 0 Å². The van der Waals surface area contributed by atoms with E-state index >= 15 is 0 Å². The van der Waals surface area contributed by atoms with Crippen LogP contribution in [0.25, 0.3) is 0 Å². The minimum atomic E-state index is -0.269. The zero-order chi connectivity index (χ0) is 16.4. The van der Waals surface area contributed by atoms with Gasteiger partial charge < -0.3 is 4.52 Å². The molecule has 0 bridgehead atoms. The fraction of sp³-hybridized carbons (Fsp3) is 0.529. The molecule has 1 aromatic heterocycles. The first-order valence-electron chi connectivity index (χ1n) is 8.01. The van der Waals surface area contributed by atoms with Gasteiger partial charge >= 0.3 is 0 Å². The molecule has 1 heterocycles. The summed E-state index contributed by atoms with van der Waals surface area (Å²) in [6.45, 7) is 5.22. The highest BCUT2D eigenvalue weighted by molar-refractivity contribution is 6.31. The first kappa shape index (κ1) is 16.4. The van der Waals surface area contributed by atoms with Crippen molar-refractivity contribution in [2.24, 2.45) is 5.92 Å². The topological polar surface area (TPSA) is 42.2 Å². The second-order valence-corrected chi connectivity index (χ2v) is 6.95. The molecule has 0 radical (unpaired) electrons. The second-order valence-electron chi connectivity index (χ2n) is 6.54. The maximum atomic E-state index is 14.0. The fourth-order valence-electron chi connectivity index (χ4n) is 2.62. The van der Waals surface area contributed by atoms with E-state index < -0.39 is 0 Å². The van der Waals surface area contributed by atoms with Crippen LogP contribution in [-0.2, 0) is 19.5 Å². The predicted octanol–water partition coefficient (Wildman–Crippen LogP) is 4.23. The molecule has 4 nitrogen and oxygen atoms in total. The summed E-state index contributed by atoms with van der Waals surface area (Å²) < 4.78 is 19.4. The standard InChI is InChI=1S/C17H21ClFN3O/c1-11(2)8-16-20-17(23-21-16)10-22(12-6-7-12)9-13-14(18)4-3-5-15(13)19/h3-5,11-12H,6-10H2,1-2H3. The van der Waals surface area contributed by atoms with Crippen molar-refractivity contribution >= 4 is 11.6 Å². The maximum Gasteiger partial charge on any atom is 0.240 e. The van der Waals surface area contributed by atoms with Crippen molar-refractivity contribution in [1.82, 2.24) is 15.0 Å². The summed E-state index contributed by atoms with van der Waals surface area (Å²) in [7, 11) is 0. The lowest BCUT2D eigenvalue weighted by Gasteiger charge is -2.21. The van der Waals surface area contributed by atoms with Crippen molar-refractivity contribution in [2.45, 2.75) is 52.2 Å². The molecule has 1 aliphatic carbocycles. The lowest BCUT2D eigenvalue weighted by atomic mass is 10.1. The lowest BCUT2D eigenvalue weighted by Crippen LogP contribution is -2.26. The highest BCUT2D eigenvalue weighted by Crippen LogP contribution is 2.31. The van der Waals surface area contributed by atoms with E-state index in [1.165, 1.54) is 6.07 Å². The average Bonchev–Trinajstić information content (AvgIpc) is 3.24. The number of halogens is 2. The van der Waals surface area contributed by atoms with Gasteiger partial charge in [0.05, 0.1) is 6.54 Å². The Bertz CT molecular complexity index is 649. The molecule has 0 saturated heterocycles.